The van der Waals surface area contributed by atoms with Crippen LogP contribution in [0.15, 0.2) is 67.0 Å². The molecule has 4 rings (SSSR count). The highest BCUT2D eigenvalue weighted by Gasteiger charge is 2.35. The zero-order valence-corrected chi connectivity index (χ0v) is 16.1. The fourth-order valence-electron chi connectivity index (χ4n) is 3.48. The van der Waals surface area contributed by atoms with Crippen LogP contribution in [0, 0.1) is 0 Å². The van der Waals surface area contributed by atoms with Gasteiger partial charge in [0.05, 0.1) is 28.1 Å². The highest BCUT2D eigenvalue weighted by molar-refractivity contribution is 7.51. The number of aromatic hydroxyl groups is 2. The maximum Gasteiger partial charge on any atom is 0.343 e. The van der Waals surface area contributed by atoms with Crippen LogP contribution in [-0.4, -0.2) is 26.2 Å². The van der Waals surface area contributed by atoms with Crippen LogP contribution in [0.5, 0.6) is 11.5 Å². The Morgan fingerprint density at radius 3 is 1.57 bits per heavy atom. The van der Waals surface area contributed by atoms with Crippen molar-refractivity contribution in [1.82, 2.24) is 0 Å². The number of hydrogen-bond donors (Lipinski definition) is 4. The zero-order valence-electron chi connectivity index (χ0n) is 15.2. The zero-order chi connectivity index (χ0) is 21.6. The maximum atomic E-state index is 12.6. The highest BCUT2D eigenvalue weighted by Crippen LogP contribution is 2.46. The van der Waals surface area contributed by atoms with E-state index in [1.165, 1.54) is 24.3 Å². The van der Waals surface area contributed by atoms with Crippen LogP contribution >= 0.6 is 7.60 Å². The second-order valence-electron chi connectivity index (χ2n) is 6.70. The molecule has 0 unspecified atom stereocenters. The molecule has 0 amide bonds. The summed E-state index contributed by atoms with van der Waals surface area (Å²) in [5.41, 5.74) is -3.22. The van der Waals surface area contributed by atoms with Gasteiger partial charge in [0.1, 0.15) is 22.7 Å². The van der Waals surface area contributed by atoms with E-state index in [0.29, 0.717) is 0 Å². The first-order valence-corrected chi connectivity index (χ1v) is 10.5. The van der Waals surface area contributed by atoms with Gasteiger partial charge in [0, 0.05) is 5.92 Å². The lowest BCUT2D eigenvalue weighted by molar-refractivity contribution is 0.368. The first-order valence-electron chi connectivity index (χ1n) is 8.71. The Morgan fingerprint density at radius 1 is 0.767 bits per heavy atom. The minimum Gasteiger partial charge on any atom is -0.507 e. The van der Waals surface area contributed by atoms with E-state index in [0.717, 1.165) is 0 Å². The Hall–Kier alpha value is -3.39. The van der Waals surface area contributed by atoms with Crippen molar-refractivity contribution in [2.24, 2.45) is 0 Å². The minimum atomic E-state index is -4.84. The first kappa shape index (κ1) is 19.9. The van der Waals surface area contributed by atoms with E-state index in [9.17, 15) is 34.2 Å². The van der Waals surface area contributed by atoms with E-state index in [1.807, 2.05) is 0 Å². The molecule has 0 aliphatic rings. The van der Waals surface area contributed by atoms with Gasteiger partial charge in [-0.1, -0.05) is 24.3 Å². The normalized spacial score (nSPS) is 12.1. The lowest BCUT2D eigenvalue weighted by Gasteiger charge is -2.19. The van der Waals surface area contributed by atoms with Gasteiger partial charge in [-0.05, 0) is 24.3 Å². The van der Waals surface area contributed by atoms with Gasteiger partial charge in [-0.25, -0.2) is 9.59 Å². The third-order valence-corrected chi connectivity index (χ3v) is 5.60. The Kier molecular flexibility index (Phi) is 4.74. The fourth-order valence-corrected chi connectivity index (χ4v) is 4.32. The van der Waals surface area contributed by atoms with Gasteiger partial charge in [-0.3, -0.25) is 4.57 Å². The first-order chi connectivity index (χ1) is 14.2. The van der Waals surface area contributed by atoms with Crippen molar-refractivity contribution in [2.45, 2.75) is 5.92 Å². The summed E-state index contributed by atoms with van der Waals surface area (Å²) in [6, 6.07) is 12.0. The number of benzene rings is 2. The molecule has 2 aromatic heterocycles. The van der Waals surface area contributed by atoms with Gasteiger partial charge in [-0.15, -0.1) is 0 Å². The molecule has 10 heteroatoms. The van der Waals surface area contributed by atoms with Gasteiger partial charge in [0.25, 0.3) is 0 Å². The number of fused-ring (bicyclic) bond motifs is 2. The van der Waals surface area contributed by atoms with Crippen LogP contribution in [0.1, 0.15) is 17.0 Å². The van der Waals surface area contributed by atoms with Crippen molar-refractivity contribution in [3.63, 3.8) is 0 Å². The SMILES string of the molecule is O=c1oc2ccccc2c(O)c1C(CP(=O)(O)O)c1c(O)c2ccccc2oc1=O. The van der Waals surface area contributed by atoms with Gasteiger partial charge in [0.15, 0.2) is 0 Å². The van der Waals surface area contributed by atoms with Gasteiger partial charge >= 0.3 is 18.8 Å². The largest absolute Gasteiger partial charge is 0.507 e. The van der Waals surface area contributed by atoms with Gasteiger partial charge in [0.2, 0.25) is 0 Å². The molecule has 0 saturated heterocycles. The summed E-state index contributed by atoms with van der Waals surface area (Å²) >= 11 is 0. The summed E-state index contributed by atoms with van der Waals surface area (Å²) < 4.78 is 22.2. The molecule has 30 heavy (non-hydrogen) atoms. The molecule has 9 nitrogen and oxygen atoms in total. The molecule has 0 aliphatic heterocycles. The summed E-state index contributed by atoms with van der Waals surface area (Å²) in [6.07, 6.45) is -1.04. The molecule has 0 radical (unpaired) electrons. The van der Waals surface area contributed by atoms with Crippen molar-refractivity contribution < 1.29 is 33.4 Å². The second kappa shape index (κ2) is 7.14. The van der Waals surface area contributed by atoms with E-state index >= 15 is 0 Å². The van der Waals surface area contributed by atoms with Crippen LogP contribution < -0.4 is 11.3 Å². The molecule has 2 heterocycles. The lowest BCUT2D eigenvalue weighted by atomic mass is 9.92. The second-order valence-corrected chi connectivity index (χ2v) is 8.39. The van der Waals surface area contributed by atoms with Crippen molar-refractivity contribution >= 4 is 29.5 Å². The Morgan fingerprint density at radius 2 is 1.17 bits per heavy atom. The standard InChI is InChI=1S/C20H15O9P/c21-17-10-5-1-3-7-13(10)28-19(23)15(17)12(9-30(25,26)27)16-18(22)11-6-2-4-8-14(11)29-20(16)24/h1-8,12,21-22H,9H2,(H2,25,26,27). The van der Waals surface area contributed by atoms with E-state index in [4.69, 9.17) is 8.83 Å². The van der Waals surface area contributed by atoms with Crippen molar-refractivity contribution in [3.05, 3.63) is 80.5 Å². The van der Waals surface area contributed by atoms with Crippen LogP contribution in [-0.2, 0) is 4.57 Å². The average molecular weight is 430 g/mol. The van der Waals surface area contributed by atoms with Crippen LogP contribution in [0.25, 0.3) is 21.9 Å². The lowest BCUT2D eigenvalue weighted by Crippen LogP contribution is -2.23. The van der Waals surface area contributed by atoms with Gasteiger partial charge in [-0.2, -0.15) is 0 Å². The predicted molar refractivity (Wildman–Crippen MR) is 107 cm³/mol. The molecule has 2 aromatic carbocycles. The summed E-state index contributed by atoms with van der Waals surface area (Å²) in [5.74, 6) is -2.90. The number of hydrogen-bond acceptors (Lipinski definition) is 7. The van der Waals surface area contributed by atoms with Crippen molar-refractivity contribution in [1.29, 1.82) is 0 Å². The molecule has 0 aliphatic carbocycles. The number of para-hydroxylation sites is 2. The monoisotopic (exact) mass is 430 g/mol. The molecule has 4 aromatic rings. The molecule has 0 atom stereocenters. The maximum absolute atomic E-state index is 12.6. The predicted octanol–water partition coefficient (Wildman–Crippen LogP) is 2.62. The smallest absolute Gasteiger partial charge is 0.343 e. The summed E-state index contributed by atoms with van der Waals surface area (Å²) in [5, 5.41) is 21.7. The minimum absolute atomic E-state index is 0.0495. The third-order valence-electron chi connectivity index (χ3n) is 4.76. The fraction of sp³-hybridized carbons (Fsp3) is 0.100. The molecule has 0 fully saturated rings. The third kappa shape index (κ3) is 3.39. The summed E-state index contributed by atoms with van der Waals surface area (Å²) in [7, 11) is -4.84. The molecular weight excluding hydrogens is 415 g/mol. The van der Waals surface area contributed by atoms with Crippen LogP contribution in [0.2, 0.25) is 0 Å². The molecule has 0 bridgehead atoms. The van der Waals surface area contributed by atoms with Crippen molar-refractivity contribution in [2.75, 3.05) is 6.16 Å². The number of rotatable bonds is 4. The Balaban J connectivity index is 2.09. The van der Waals surface area contributed by atoms with Gasteiger partial charge < -0.3 is 28.8 Å². The van der Waals surface area contributed by atoms with E-state index in [-0.39, 0.29) is 21.9 Å². The quantitative estimate of drug-likeness (QED) is 0.282. The van der Waals surface area contributed by atoms with E-state index in [2.05, 4.69) is 0 Å². The molecule has 154 valence electrons. The van der Waals surface area contributed by atoms with Crippen LogP contribution in [0.4, 0.5) is 0 Å². The van der Waals surface area contributed by atoms with Crippen LogP contribution in [0.3, 0.4) is 0 Å². The average Bonchev–Trinajstić information content (AvgIpc) is 2.66. The molecule has 0 spiro atoms. The molecule has 0 saturated carbocycles. The van der Waals surface area contributed by atoms with E-state index in [1.54, 1.807) is 24.3 Å². The Bertz CT molecular complexity index is 1350. The summed E-state index contributed by atoms with van der Waals surface area (Å²) in [4.78, 5) is 44.5. The highest BCUT2D eigenvalue weighted by atomic mass is 31.2. The molecule has 4 N–H and O–H groups in total. The molecular formula is C20H15O9P. The summed E-state index contributed by atoms with van der Waals surface area (Å²) in [6.45, 7) is 0. The topological polar surface area (TPSA) is 158 Å². The van der Waals surface area contributed by atoms with E-state index < -0.39 is 53.6 Å². The van der Waals surface area contributed by atoms with Crippen molar-refractivity contribution in [3.8, 4) is 11.5 Å². The Labute approximate surface area is 167 Å².